The predicted octanol–water partition coefficient (Wildman–Crippen LogP) is 2.02. The third-order valence-electron chi connectivity index (χ3n) is 2.05. The second-order valence-corrected chi connectivity index (χ2v) is 3.84. The molecule has 0 aromatic heterocycles. The lowest BCUT2D eigenvalue weighted by molar-refractivity contribution is -0.151. The molecule has 88 valence electrons. The van der Waals surface area contributed by atoms with Gasteiger partial charge in [-0.05, 0) is 19.4 Å². The van der Waals surface area contributed by atoms with Gasteiger partial charge in [-0.2, -0.15) is 0 Å². The average Bonchev–Trinajstić information content (AvgIpc) is 2.26. The van der Waals surface area contributed by atoms with Crippen molar-refractivity contribution in [2.45, 2.75) is 32.4 Å². The summed E-state index contributed by atoms with van der Waals surface area (Å²) in [5.74, 6) is -0.568. The first kappa shape index (κ1) is 12.6. The van der Waals surface area contributed by atoms with Crippen molar-refractivity contribution >= 4 is 5.97 Å². The maximum Gasteiger partial charge on any atom is 0.326 e. The number of ether oxygens (including phenoxy) is 1. The quantitative estimate of drug-likeness (QED) is 0.615. The van der Waals surface area contributed by atoms with Gasteiger partial charge in [-0.25, -0.2) is 0 Å². The number of nitrogens with one attached hydrogen (secondary N) is 1. The molecule has 0 amide bonds. The summed E-state index contributed by atoms with van der Waals surface area (Å²) in [6.07, 6.45) is 0.0437. The monoisotopic (exact) mass is 225 g/mol. The van der Waals surface area contributed by atoms with E-state index in [-0.39, 0.29) is 12.5 Å². The number of carbonyl (C=O) groups is 1. The third kappa shape index (κ3) is 3.98. The molecule has 0 aliphatic heterocycles. The summed E-state index contributed by atoms with van der Waals surface area (Å²) in [5, 5.41) is 0. The fraction of sp³-hybridized carbons (Fsp3) is 0.417. The minimum atomic E-state index is -0.940. The number of esters is 1. The van der Waals surface area contributed by atoms with E-state index in [0.29, 0.717) is 0 Å². The van der Waals surface area contributed by atoms with Crippen LogP contribution in [0.1, 0.15) is 19.4 Å². The molecule has 0 radical (unpaired) electrons. The van der Waals surface area contributed by atoms with Gasteiger partial charge in [0.2, 0.25) is 0 Å². The van der Waals surface area contributed by atoms with Gasteiger partial charge in [-0.15, -0.1) is 10.0 Å². The standard InChI is InChI=1S/C12H16FNO2/c1-9(2)16-12(15)11(14-13)8-10-6-4-3-5-7-10/h3-7,9,11,14H,8H2,1-2H3/t11-/m0/s1. The van der Waals surface area contributed by atoms with Crippen molar-refractivity contribution in [2.75, 3.05) is 0 Å². The first-order valence-corrected chi connectivity index (χ1v) is 5.24. The molecule has 16 heavy (non-hydrogen) atoms. The van der Waals surface area contributed by atoms with Crippen molar-refractivity contribution in [2.24, 2.45) is 0 Å². The van der Waals surface area contributed by atoms with Crippen LogP contribution < -0.4 is 5.54 Å². The van der Waals surface area contributed by atoms with Gasteiger partial charge < -0.3 is 4.74 Å². The lowest BCUT2D eigenvalue weighted by Crippen LogP contribution is -2.36. The Morgan fingerprint density at radius 3 is 2.50 bits per heavy atom. The van der Waals surface area contributed by atoms with E-state index < -0.39 is 12.0 Å². The first-order chi connectivity index (χ1) is 7.63. The van der Waals surface area contributed by atoms with Gasteiger partial charge >= 0.3 is 5.97 Å². The van der Waals surface area contributed by atoms with Crippen LogP contribution in [0, 0.1) is 0 Å². The first-order valence-electron chi connectivity index (χ1n) is 5.24. The van der Waals surface area contributed by atoms with Crippen molar-refractivity contribution < 1.29 is 14.0 Å². The maximum atomic E-state index is 12.5. The fourth-order valence-electron chi connectivity index (χ4n) is 1.33. The molecule has 4 heteroatoms. The zero-order valence-corrected chi connectivity index (χ0v) is 9.44. The van der Waals surface area contributed by atoms with Gasteiger partial charge in [0.1, 0.15) is 6.04 Å². The van der Waals surface area contributed by atoms with Crippen LogP contribution in [0.3, 0.4) is 0 Å². The molecule has 0 saturated carbocycles. The highest BCUT2D eigenvalue weighted by atomic mass is 19.2. The minimum Gasteiger partial charge on any atom is -0.462 e. The van der Waals surface area contributed by atoms with Crippen LogP contribution in [0.25, 0.3) is 0 Å². The highest BCUT2D eigenvalue weighted by molar-refractivity contribution is 5.76. The van der Waals surface area contributed by atoms with Crippen LogP contribution >= 0.6 is 0 Å². The molecule has 1 atom stereocenters. The molecule has 0 bridgehead atoms. The van der Waals surface area contributed by atoms with Crippen LogP contribution in [0.5, 0.6) is 0 Å². The van der Waals surface area contributed by atoms with E-state index in [4.69, 9.17) is 4.74 Å². The highest BCUT2D eigenvalue weighted by Gasteiger charge is 2.21. The van der Waals surface area contributed by atoms with Crippen LogP contribution in [0.2, 0.25) is 0 Å². The Labute approximate surface area is 94.5 Å². The molecule has 0 aliphatic rings. The van der Waals surface area contributed by atoms with E-state index in [1.54, 1.807) is 13.8 Å². The summed E-state index contributed by atoms with van der Waals surface area (Å²) in [4.78, 5) is 11.5. The second kappa shape index (κ2) is 6.23. The molecule has 1 rings (SSSR count). The average molecular weight is 225 g/mol. The summed E-state index contributed by atoms with van der Waals surface area (Å²) in [6.45, 7) is 3.46. The highest BCUT2D eigenvalue weighted by Crippen LogP contribution is 2.05. The lowest BCUT2D eigenvalue weighted by atomic mass is 10.1. The molecule has 1 aromatic rings. The Kier molecular flexibility index (Phi) is 4.92. The fourth-order valence-corrected chi connectivity index (χ4v) is 1.33. The van der Waals surface area contributed by atoms with Gasteiger partial charge in [0.05, 0.1) is 6.10 Å². The Bertz CT molecular complexity index is 327. The van der Waals surface area contributed by atoms with Crippen molar-refractivity contribution in [3.63, 3.8) is 0 Å². The maximum absolute atomic E-state index is 12.5. The molecule has 0 heterocycles. The molecule has 1 N–H and O–H groups in total. The SMILES string of the molecule is CC(C)OC(=O)[C@H](Cc1ccccc1)NF. The van der Waals surface area contributed by atoms with Crippen molar-refractivity contribution in [1.82, 2.24) is 5.54 Å². The molecule has 3 nitrogen and oxygen atoms in total. The smallest absolute Gasteiger partial charge is 0.326 e. The molecule has 0 aliphatic carbocycles. The lowest BCUT2D eigenvalue weighted by Gasteiger charge is -2.15. The van der Waals surface area contributed by atoms with E-state index in [0.717, 1.165) is 5.56 Å². The summed E-state index contributed by atoms with van der Waals surface area (Å²) in [6, 6.07) is 8.30. The van der Waals surface area contributed by atoms with Gasteiger partial charge in [0, 0.05) is 6.42 Å². The van der Waals surface area contributed by atoms with Crippen LogP contribution in [-0.4, -0.2) is 18.1 Å². The van der Waals surface area contributed by atoms with Crippen LogP contribution in [0.15, 0.2) is 30.3 Å². The number of rotatable bonds is 5. The second-order valence-electron chi connectivity index (χ2n) is 3.84. The van der Waals surface area contributed by atoms with E-state index in [9.17, 15) is 9.28 Å². The van der Waals surface area contributed by atoms with E-state index in [2.05, 4.69) is 0 Å². The van der Waals surface area contributed by atoms with Gasteiger partial charge in [0.15, 0.2) is 0 Å². The third-order valence-corrected chi connectivity index (χ3v) is 2.05. The van der Waals surface area contributed by atoms with Gasteiger partial charge in [-0.3, -0.25) is 4.79 Å². The minimum absolute atomic E-state index is 0.237. The van der Waals surface area contributed by atoms with Crippen LogP contribution in [0.4, 0.5) is 4.48 Å². The molecule has 0 unspecified atom stereocenters. The van der Waals surface area contributed by atoms with Gasteiger partial charge in [0.25, 0.3) is 0 Å². The van der Waals surface area contributed by atoms with Crippen molar-refractivity contribution in [3.8, 4) is 0 Å². The summed E-state index contributed by atoms with van der Waals surface area (Å²) in [5.41, 5.74) is 2.37. The Hall–Kier alpha value is -1.42. The number of carbonyl (C=O) groups excluding carboxylic acids is 1. The normalized spacial score (nSPS) is 12.5. The number of hydrogen-bond donors (Lipinski definition) is 1. The summed E-state index contributed by atoms with van der Waals surface area (Å²) in [7, 11) is 0. The molecule has 0 spiro atoms. The van der Waals surface area contributed by atoms with Crippen molar-refractivity contribution in [3.05, 3.63) is 35.9 Å². The Balaban J connectivity index is 2.58. The number of halogens is 1. The van der Waals surface area contributed by atoms with E-state index in [1.807, 2.05) is 30.3 Å². The van der Waals surface area contributed by atoms with Crippen LogP contribution in [-0.2, 0) is 16.0 Å². The number of hydrogen-bond acceptors (Lipinski definition) is 3. The number of benzene rings is 1. The van der Waals surface area contributed by atoms with E-state index in [1.165, 1.54) is 5.54 Å². The zero-order chi connectivity index (χ0) is 12.0. The summed E-state index contributed by atoms with van der Waals surface area (Å²) >= 11 is 0. The van der Waals surface area contributed by atoms with Crippen molar-refractivity contribution in [1.29, 1.82) is 0 Å². The Morgan fingerprint density at radius 1 is 1.38 bits per heavy atom. The predicted molar refractivity (Wildman–Crippen MR) is 59.4 cm³/mol. The van der Waals surface area contributed by atoms with Gasteiger partial charge in [-0.1, -0.05) is 30.3 Å². The molecular weight excluding hydrogens is 209 g/mol. The molecular formula is C12H16FNO2. The van der Waals surface area contributed by atoms with E-state index >= 15 is 0 Å². The molecule has 0 saturated heterocycles. The molecule has 0 fully saturated rings. The topological polar surface area (TPSA) is 38.3 Å². The Morgan fingerprint density at radius 2 is 2.00 bits per heavy atom. The zero-order valence-electron chi connectivity index (χ0n) is 9.44. The summed E-state index contributed by atoms with van der Waals surface area (Å²) < 4.78 is 17.4. The molecule has 1 aromatic carbocycles. The largest absolute Gasteiger partial charge is 0.462 e.